The van der Waals surface area contributed by atoms with Crippen LogP contribution in [0.25, 0.3) is 0 Å². The lowest BCUT2D eigenvalue weighted by atomic mass is 10.2. The molecule has 0 atom stereocenters. The van der Waals surface area contributed by atoms with Crippen molar-refractivity contribution in [3.05, 3.63) is 48.2 Å². The number of hydrogen-bond acceptors (Lipinski definition) is 5. The quantitative estimate of drug-likeness (QED) is 0.733. The molecule has 0 aliphatic rings. The summed E-state index contributed by atoms with van der Waals surface area (Å²) in [5.41, 5.74) is 1.75. The normalized spacial score (nSPS) is 10.2. The highest BCUT2D eigenvalue weighted by molar-refractivity contribution is 5.91. The predicted molar refractivity (Wildman–Crippen MR) is 92.6 cm³/mol. The summed E-state index contributed by atoms with van der Waals surface area (Å²) < 4.78 is 4.69. The van der Waals surface area contributed by atoms with Crippen molar-refractivity contribution in [2.75, 3.05) is 17.7 Å². The third kappa shape index (κ3) is 4.98. The van der Waals surface area contributed by atoms with Crippen molar-refractivity contribution in [3.63, 3.8) is 0 Å². The number of rotatable bonds is 5. The maximum absolute atomic E-state index is 11.6. The molecule has 1 aromatic carbocycles. The first-order chi connectivity index (χ1) is 11.5. The lowest BCUT2D eigenvalue weighted by Gasteiger charge is -2.11. The fourth-order valence-corrected chi connectivity index (χ4v) is 1.96. The molecule has 2 aromatic rings. The van der Waals surface area contributed by atoms with Gasteiger partial charge in [-0.15, -0.1) is 0 Å². The molecule has 7 nitrogen and oxygen atoms in total. The Hall–Kier alpha value is -3.09. The van der Waals surface area contributed by atoms with E-state index < -0.39 is 5.97 Å². The molecule has 0 bridgehead atoms. The monoisotopic (exact) mass is 328 g/mol. The standard InChI is InChI=1S/C17H20N4O3/c1-11(2)19-17(23)21-14-7-8-15(18-10-14)20-13-6-4-5-12(9-13)16(22)24-3/h4-11H,1-3H3,(H,18,20)(H2,19,21,23). The molecule has 1 heterocycles. The number of nitrogens with one attached hydrogen (secondary N) is 3. The highest BCUT2D eigenvalue weighted by Crippen LogP contribution is 2.18. The number of carbonyl (C=O) groups excluding carboxylic acids is 2. The zero-order chi connectivity index (χ0) is 17.5. The second kappa shape index (κ2) is 7.96. The van der Waals surface area contributed by atoms with Gasteiger partial charge >= 0.3 is 12.0 Å². The summed E-state index contributed by atoms with van der Waals surface area (Å²) in [5, 5.41) is 8.51. The molecule has 0 saturated carbocycles. The summed E-state index contributed by atoms with van der Waals surface area (Å²) in [7, 11) is 1.34. The van der Waals surface area contributed by atoms with Gasteiger partial charge in [0.2, 0.25) is 0 Å². The van der Waals surface area contributed by atoms with Gasteiger partial charge in [-0.2, -0.15) is 0 Å². The Bertz CT molecular complexity index is 714. The Kier molecular flexibility index (Phi) is 5.73. The van der Waals surface area contributed by atoms with Gasteiger partial charge in [0, 0.05) is 11.7 Å². The van der Waals surface area contributed by atoms with Crippen molar-refractivity contribution in [2.45, 2.75) is 19.9 Å². The number of hydrogen-bond donors (Lipinski definition) is 3. The van der Waals surface area contributed by atoms with Crippen LogP contribution in [0.15, 0.2) is 42.6 Å². The minimum absolute atomic E-state index is 0.0565. The predicted octanol–water partition coefficient (Wildman–Crippen LogP) is 3.14. The lowest BCUT2D eigenvalue weighted by molar-refractivity contribution is 0.0600. The van der Waals surface area contributed by atoms with Gasteiger partial charge in [-0.3, -0.25) is 0 Å². The molecule has 24 heavy (non-hydrogen) atoms. The number of esters is 1. The van der Waals surface area contributed by atoms with Crippen LogP contribution in [-0.2, 0) is 4.74 Å². The zero-order valence-electron chi connectivity index (χ0n) is 13.8. The van der Waals surface area contributed by atoms with Crippen molar-refractivity contribution in [1.82, 2.24) is 10.3 Å². The Morgan fingerprint density at radius 3 is 2.54 bits per heavy atom. The van der Waals surface area contributed by atoms with Crippen LogP contribution in [0.2, 0.25) is 0 Å². The third-order valence-corrected chi connectivity index (χ3v) is 3.00. The molecule has 0 radical (unpaired) electrons. The smallest absolute Gasteiger partial charge is 0.337 e. The van der Waals surface area contributed by atoms with E-state index in [1.54, 1.807) is 36.5 Å². The van der Waals surface area contributed by atoms with Crippen LogP contribution in [0.4, 0.5) is 22.0 Å². The van der Waals surface area contributed by atoms with Crippen LogP contribution in [-0.4, -0.2) is 30.1 Å². The maximum atomic E-state index is 11.6. The van der Waals surface area contributed by atoms with Gasteiger partial charge in [0.25, 0.3) is 0 Å². The number of carbonyl (C=O) groups is 2. The molecule has 0 spiro atoms. The molecule has 0 fully saturated rings. The summed E-state index contributed by atoms with van der Waals surface area (Å²) in [4.78, 5) is 27.4. The minimum atomic E-state index is -0.401. The molecule has 0 aliphatic carbocycles. The molecule has 0 saturated heterocycles. The van der Waals surface area contributed by atoms with Crippen LogP contribution < -0.4 is 16.0 Å². The van der Waals surface area contributed by atoms with E-state index in [0.717, 1.165) is 0 Å². The van der Waals surface area contributed by atoms with Crippen LogP contribution in [0.3, 0.4) is 0 Å². The molecular weight excluding hydrogens is 308 g/mol. The van der Waals surface area contributed by atoms with Gasteiger partial charge in [-0.25, -0.2) is 14.6 Å². The van der Waals surface area contributed by atoms with Gasteiger partial charge < -0.3 is 20.7 Å². The topological polar surface area (TPSA) is 92.4 Å². The third-order valence-electron chi connectivity index (χ3n) is 3.00. The van der Waals surface area contributed by atoms with Crippen molar-refractivity contribution >= 4 is 29.2 Å². The number of benzene rings is 1. The largest absolute Gasteiger partial charge is 0.465 e. The van der Waals surface area contributed by atoms with Crippen molar-refractivity contribution in [3.8, 4) is 0 Å². The second-order valence-electron chi connectivity index (χ2n) is 5.38. The lowest BCUT2D eigenvalue weighted by Crippen LogP contribution is -2.34. The molecule has 126 valence electrons. The zero-order valence-corrected chi connectivity index (χ0v) is 13.8. The average Bonchev–Trinajstić information content (AvgIpc) is 2.55. The fraction of sp³-hybridized carbons (Fsp3) is 0.235. The number of amides is 2. The first kappa shape index (κ1) is 17.3. The highest BCUT2D eigenvalue weighted by atomic mass is 16.5. The van der Waals surface area contributed by atoms with E-state index in [4.69, 9.17) is 4.74 Å². The van der Waals surface area contributed by atoms with Gasteiger partial charge in [0.05, 0.1) is 24.6 Å². The summed E-state index contributed by atoms with van der Waals surface area (Å²) in [5.74, 6) is 0.189. The van der Waals surface area contributed by atoms with Crippen molar-refractivity contribution in [1.29, 1.82) is 0 Å². The number of ether oxygens (including phenoxy) is 1. The molecule has 0 aliphatic heterocycles. The number of methoxy groups -OCH3 is 1. The molecule has 2 amide bonds. The van der Waals surface area contributed by atoms with Crippen LogP contribution in [0.1, 0.15) is 24.2 Å². The molecule has 2 rings (SSSR count). The summed E-state index contributed by atoms with van der Waals surface area (Å²) in [6.45, 7) is 3.76. The summed E-state index contributed by atoms with van der Waals surface area (Å²) >= 11 is 0. The number of nitrogens with zero attached hydrogens (tertiary/aromatic N) is 1. The minimum Gasteiger partial charge on any atom is -0.465 e. The Morgan fingerprint density at radius 2 is 1.92 bits per heavy atom. The number of aromatic nitrogens is 1. The van der Waals surface area contributed by atoms with E-state index in [-0.39, 0.29) is 12.1 Å². The summed E-state index contributed by atoms with van der Waals surface area (Å²) in [6, 6.07) is 10.2. The van der Waals surface area contributed by atoms with Crippen LogP contribution in [0.5, 0.6) is 0 Å². The van der Waals surface area contributed by atoms with E-state index in [9.17, 15) is 9.59 Å². The Balaban J connectivity index is 2.01. The van der Waals surface area contributed by atoms with Crippen LogP contribution >= 0.6 is 0 Å². The first-order valence-electron chi connectivity index (χ1n) is 7.47. The van der Waals surface area contributed by atoms with Crippen molar-refractivity contribution < 1.29 is 14.3 Å². The van der Waals surface area contributed by atoms with E-state index in [2.05, 4.69) is 20.9 Å². The molecule has 3 N–H and O–H groups in total. The van der Waals surface area contributed by atoms with Gasteiger partial charge in [-0.1, -0.05) is 6.07 Å². The Morgan fingerprint density at radius 1 is 1.12 bits per heavy atom. The van der Waals surface area contributed by atoms with E-state index in [0.29, 0.717) is 22.8 Å². The maximum Gasteiger partial charge on any atom is 0.337 e. The second-order valence-corrected chi connectivity index (χ2v) is 5.38. The van der Waals surface area contributed by atoms with Gasteiger partial charge in [0.15, 0.2) is 0 Å². The number of urea groups is 1. The van der Waals surface area contributed by atoms with Gasteiger partial charge in [-0.05, 0) is 44.2 Å². The average molecular weight is 328 g/mol. The number of pyridine rings is 1. The Labute approximate surface area is 140 Å². The van der Waals surface area contributed by atoms with E-state index >= 15 is 0 Å². The number of anilines is 3. The fourth-order valence-electron chi connectivity index (χ4n) is 1.96. The molecular formula is C17H20N4O3. The molecule has 1 aromatic heterocycles. The highest BCUT2D eigenvalue weighted by Gasteiger charge is 2.07. The van der Waals surface area contributed by atoms with Crippen LogP contribution in [0, 0.1) is 0 Å². The molecule has 7 heteroatoms. The van der Waals surface area contributed by atoms with Gasteiger partial charge in [0.1, 0.15) is 5.82 Å². The van der Waals surface area contributed by atoms with E-state index in [1.807, 2.05) is 19.9 Å². The van der Waals surface area contributed by atoms with E-state index in [1.165, 1.54) is 7.11 Å². The first-order valence-corrected chi connectivity index (χ1v) is 7.47. The van der Waals surface area contributed by atoms with Crippen molar-refractivity contribution in [2.24, 2.45) is 0 Å². The summed E-state index contributed by atoms with van der Waals surface area (Å²) in [6.07, 6.45) is 1.55. The molecule has 0 unspecified atom stereocenters. The SMILES string of the molecule is COC(=O)c1cccc(Nc2ccc(NC(=O)NC(C)C)cn2)c1.